The predicted molar refractivity (Wildman–Crippen MR) is 168 cm³/mol. The summed E-state index contributed by atoms with van der Waals surface area (Å²) >= 11 is 0. The van der Waals surface area contributed by atoms with Crippen LogP contribution >= 0.6 is 0 Å². The first kappa shape index (κ1) is 27.8. The molecule has 0 saturated heterocycles. The highest BCUT2D eigenvalue weighted by molar-refractivity contribution is 5.50. The van der Waals surface area contributed by atoms with Crippen molar-refractivity contribution in [3.8, 4) is 17.1 Å². The van der Waals surface area contributed by atoms with E-state index in [1.165, 1.54) is 0 Å². The van der Waals surface area contributed by atoms with Crippen molar-refractivity contribution in [3.05, 3.63) is 156 Å². The third kappa shape index (κ3) is 4.19. The summed E-state index contributed by atoms with van der Waals surface area (Å²) in [6.07, 6.45) is 0. The van der Waals surface area contributed by atoms with Crippen LogP contribution in [0.4, 0.5) is 0 Å². The van der Waals surface area contributed by atoms with Crippen molar-refractivity contribution in [1.82, 2.24) is 28.1 Å². The average molecular weight is 575 g/mol. The Balaban J connectivity index is 1.74. The van der Waals surface area contributed by atoms with Gasteiger partial charge in [0.15, 0.2) is 0 Å². The van der Waals surface area contributed by atoms with Crippen molar-refractivity contribution in [2.45, 2.75) is 26.7 Å². The fraction of sp³-hybridized carbons (Fsp3) is 0.206. The number of aromatic nitrogens is 6. The van der Waals surface area contributed by atoms with E-state index in [-0.39, 0.29) is 16.7 Å². The molecule has 0 radical (unpaired) electrons. The van der Waals surface area contributed by atoms with Gasteiger partial charge in [0, 0.05) is 38.2 Å². The molecule has 9 nitrogen and oxygen atoms in total. The topological polar surface area (TPSA) is 80.8 Å². The van der Waals surface area contributed by atoms with E-state index >= 15 is 0 Å². The molecule has 0 fully saturated rings. The highest BCUT2D eigenvalue weighted by Crippen LogP contribution is 2.34. The van der Waals surface area contributed by atoms with Gasteiger partial charge < -0.3 is 0 Å². The largest absolute Gasteiger partial charge is 0.285 e. The van der Waals surface area contributed by atoms with Crippen LogP contribution in [0.3, 0.4) is 0 Å². The van der Waals surface area contributed by atoms with Crippen LogP contribution in [0.2, 0.25) is 0 Å². The Morgan fingerprint density at radius 1 is 0.419 bits per heavy atom. The van der Waals surface area contributed by atoms with Crippen LogP contribution in [-0.4, -0.2) is 28.1 Å². The summed E-state index contributed by atoms with van der Waals surface area (Å²) < 4.78 is 10.2. The Morgan fingerprint density at radius 3 is 0.884 bits per heavy atom. The summed E-state index contributed by atoms with van der Waals surface area (Å²) in [5.41, 5.74) is 4.43. The smallest absolute Gasteiger partial charge is 0.275 e. The summed E-state index contributed by atoms with van der Waals surface area (Å²) in [6.45, 7) is 5.60. The highest BCUT2D eigenvalue weighted by Gasteiger charge is 2.37. The minimum absolute atomic E-state index is 0.279. The normalized spacial score (nSPS) is 11.5. The zero-order valence-electron chi connectivity index (χ0n) is 25.1. The Morgan fingerprint density at radius 2 is 0.651 bits per heavy atom. The van der Waals surface area contributed by atoms with Crippen LogP contribution in [0, 0.1) is 20.8 Å². The van der Waals surface area contributed by atoms with E-state index in [4.69, 9.17) is 0 Å². The van der Waals surface area contributed by atoms with Gasteiger partial charge >= 0.3 is 0 Å². The van der Waals surface area contributed by atoms with Gasteiger partial charge in [-0.2, -0.15) is 0 Å². The van der Waals surface area contributed by atoms with Crippen LogP contribution in [0.25, 0.3) is 17.1 Å². The lowest BCUT2D eigenvalue weighted by Gasteiger charge is -2.15. The van der Waals surface area contributed by atoms with Crippen molar-refractivity contribution in [2.24, 2.45) is 21.1 Å². The fourth-order valence-electron chi connectivity index (χ4n) is 6.20. The van der Waals surface area contributed by atoms with Crippen molar-refractivity contribution in [2.75, 3.05) is 0 Å². The molecule has 3 aromatic carbocycles. The molecule has 0 saturated carbocycles. The minimum Gasteiger partial charge on any atom is -0.285 e. The fourth-order valence-corrected chi connectivity index (χ4v) is 6.20. The maximum absolute atomic E-state index is 14.5. The molecule has 218 valence electrons. The molecule has 0 aliphatic rings. The number of hydrogen-bond acceptors (Lipinski definition) is 3. The number of benzene rings is 3. The molecule has 3 aromatic heterocycles. The second kappa shape index (κ2) is 10.5. The lowest BCUT2D eigenvalue weighted by atomic mass is 9.85. The standard InChI is InChI=1S/C34H34N6O3/c1-22-28(32(41)38(35(22)4)25-16-10-7-11-17-25)31(29-23(2)36(5)39(33(29)42)26-18-12-8-13-19-26)30-24(3)37(6)40(34(30)43)27-20-14-9-15-21-27/h7-21,31H,1-6H3. The van der Waals surface area contributed by atoms with Crippen LogP contribution in [0.1, 0.15) is 39.7 Å². The highest BCUT2D eigenvalue weighted by atomic mass is 16.1. The van der Waals surface area contributed by atoms with Crippen LogP contribution < -0.4 is 16.7 Å². The molecule has 0 amide bonds. The van der Waals surface area contributed by atoms with E-state index < -0.39 is 5.92 Å². The molecule has 0 aliphatic heterocycles. The summed E-state index contributed by atoms with van der Waals surface area (Å²) in [5.74, 6) is -0.920. The maximum Gasteiger partial charge on any atom is 0.275 e. The van der Waals surface area contributed by atoms with E-state index in [1.807, 2.05) is 133 Å². The molecule has 6 aromatic rings. The first-order valence-corrected chi connectivity index (χ1v) is 14.2. The average Bonchev–Trinajstić information content (AvgIpc) is 3.48. The molecule has 9 heteroatoms. The molecule has 43 heavy (non-hydrogen) atoms. The Bertz CT molecular complexity index is 1890. The minimum atomic E-state index is -0.920. The third-order valence-electron chi connectivity index (χ3n) is 8.66. The lowest BCUT2D eigenvalue weighted by molar-refractivity contribution is 0.629. The van der Waals surface area contributed by atoms with Crippen molar-refractivity contribution in [3.63, 3.8) is 0 Å². The quantitative estimate of drug-likeness (QED) is 0.298. The van der Waals surface area contributed by atoms with E-state index in [0.29, 0.717) is 50.8 Å². The Kier molecular flexibility index (Phi) is 6.80. The van der Waals surface area contributed by atoms with Gasteiger partial charge in [0.2, 0.25) is 0 Å². The first-order chi connectivity index (χ1) is 20.6. The zero-order valence-corrected chi connectivity index (χ0v) is 25.1. The van der Waals surface area contributed by atoms with Crippen LogP contribution in [-0.2, 0) is 21.1 Å². The summed E-state index contributed by atoms with van der Waals surface area (Å²) in [6, 6.07) is 28.1. The number of para-hydroxylation sites is 3. The molecule has 0 spiro atoms. The number of hydrogen-bond donors (Lipinski definition) is 0. The first-order valence-electron chi connectivity index (χ1n) is 14.2. The van der Waals surface area contributed by atoms with E-state index in [9.17, 15) is 14.4 Å². The molecule has 0 aliphatic carbocycles. The third-order valence-corrected chi connectivity index (χ3v) is 8.66. The van der Waals surface area contributed by atoms with Gasteiger partial charge in [-0.25, -0.2) is 14.0 Å². The summed E-state index contributed by atoms with van der Waals surface area (Å²) in [4.78, 5) is 43.4. The van der Waals surface area contributed by atoms with Crippen molar-refractivity contribution < 1.29 is 0 Å². The lowest BCUT2D eigenvalue weighted by Crippen LogP contribution is -2.29. The second-order valence-corrected chi connectivity index (χ2v) is 10.9. The molecule has 6 rings (SSSR count). The molecule has 0 unspecified atom stereocenters. The van der Waals surface area contributed by atoms with Crippen LogP contribution in [0.15, 0.2) is 105 Å². The van der Waals surface area contributed by atoms with Crippen molar-refractivity contribution in [1.29, 1.82) is 0 Å². The van der Waals surface area contributed by atoms with E-state index in [2.05, 4.69) is 0 Å². The molecule has 0 N–H and O–H groups in total. The van der Waals surface area contributed by atoms with Gasteiger partial charge in [-0.05, 0) is 57.2 Å². The Labute approximate surface area is 248 Å². The molecular weight excluding hydrogens is 540 g/mol. The summed E-state index contributed by atoms with van der Waals surface area (Å²) in [5, 5.41) is 0. The monoisotopic (exact) mass is 574 g/mol. The second-order valence-electron chi connectivity index (χ2n) is 10.9. The molecular formula is C34H34N6O3. The summed E-state index contributed by atoms with van der Waals surface area (Å²) in [7, 11) is 5.47. The van der Waals surface area contributed by atoms with Crippen molar-refractivity contribution >= 4 is 0 Å². The molecule has 0 atom stereocenters. The van der Waals surface area contributed by atoms with Gasteiger partial charge in [-0.3, -0.25) is 28.4 Å². The zero-order chi connectivity index (χ0) is 30.6. The van der Waals surface area contributed by atoms with Gasteiger partial charge in [-0.15, -0.1) is 0 Å². The number of rotatable bonds is 6. The van der Waals surface area contributed by atoms with Gasteiger partial charge in [0.25, 0.3) is 16.7 Å². The van der Waals surface area contributed by atoms with Crippen LogP contribution in [0.5, 0.6) is 0 Å². The molecule has 0 bridgehead atoms. The Hall–Kier alpha value is -5.31. The van der Waals surface area contributed by atoms with E-state index in [0.717, 1.165) is 0 Å². The predicted octanol–water partition coefficient (Wildman–Crippen LogP) is 4.26. The van der Waals surface area contributed by atoms with Gasteiger partial charge in [0.1, 0.15) is 0 Å². The maximum atomic E-state index is 14.5. The van der Waals surface area contributed by atoms with Gasteiger partial charge in [-0.1, -0.05) is 54.6 Å². The SMILES string of the molecule is Cc1c(C(c2c(C)n(C)n(-c3ccccc3)c2=O)c2c(C)n(C)n(-c3ccccc3)c2=O)c(=O)n(-c2ccccc2)n1C. The number of nitrogens with zero attached hydrogens (tertiary/aromatic N) is 6. The molecule has 3 heterocycles. The van der Waals surface area contributed by atoms with Gasteiger partial charge in [0.05, 0.1) is 39.7 Å². The van der Waals surface area contributed by atoms with E-state index in [1.54, 1.807) is 28.1 Å².